The van der Waals surface area contributed by atoms with E-state index < -0.39 is 5.97 Å². The molecular formula is C19H28O3. The van der Waals surface area contributed by atoms with E-state index in [1.807, 2.05) is 19.9 Å². The highest BCUT2D eigenvalue weighted by Crippen LogP contribution is 2.39. The predicted molar refractivity (Wildman–Crippen MR) is 91.6 cm³/mol. The lowest BCUT2D eigenvalue weighted by Crippen LogP contribution is -2.15. The summed E-state index contributed by atoms with van der Waals surface area (Å²) < 4.78 is 5.92. The van der Waals surface area contributed by atoms with Crippen LogP contribution in [0.3, 0.4) is 0 Å². The molecule has 0 amide bonds. The first-order valence-corrected chi connectivity index (χ1v) is 7.92. The third-order valence-electron chi connectivity index (χ3n) is 3.49. The van der Waals surface area contributed by atoms with Gasteiger partial charge in [-0.2, -0.15) is 0 Å². The highest BCUT2D eigenvalue weighted by atomic mass is 16.5. The smallest absolute Gasteiger partial charge is 0.328 e. The molecule has 0 saturated carbocycles. The van der Waals surface area contributed by atoms with Crippen molar-refractivity contribution in [2.24, 2.45) is 0 Å². The van der Waals surface area contributed by atoms with E-state index in [0.717, 1.165) is 40.9 Å². The Labute approximate surface area is 134 Å². The Morgan fingerprint density at radius 1 is 1.27 bits per heavy atom. The molecule has 0 atom stereocenters. The molecule has 0 aromatic heterocycles. The van der Waals surface area contributed by atoms with E-state index in [9.17, 15) is 9.90 Å². The molecule has 1 aromatic rings. The number of rotatable bonds is 6. The van der Waals surface area contributed by atoms with Crippen molar-refractivity contribution in [1.29, 1.82) is 0 Å². The molecule has 0 aliphatic heterocycles. The van der Waals surface area contributed by atoms with Crippen molar-refractivity contribution >= 4 is 11.5 Å². The van der Waals surface area contributed by atoms with Gasteiger partial charge in [0, 0.05) is 17.2 Å². The minimum Gasteiger partial charge on any atom is -0.493 e. The number of ether oxygens (including phenoxy) is 1. The molecular weight excluding hydrogens is 276 g/mol. The van der Waals surface area contributed by atoms with E-state index in [1.165, 1.54) is 6.08 Å². The van der Waals surface area contributed by atoms with Gasteiger partial charge in [0.25, 0.3) is 0 Å². The van der Waals surface area contributed by atoms with E-state index >= 15 is 0 Å². The Morgan fingerprint density at radius 2 is 1.91 bits per heavy atom. The Hall–Kier alpha value is -1.77. The van der Waals surface area contributed by atoms with Gasteiger partial charge in [-0.25, -0.2) is 4.79 Å². The molecule has 1 rings (SSSR count). The molecule has 0 fully saturated rings. The molecule has 0 bridgehead atoms. The molecule has 3 heteroatoms. The number of benzene rings is 1. The number of carboxylic acids is 1. The van der Waals surface area contributed by atoms with Crippen LogP contribution >= 0.6 is 0 Å². The normalized spacial score (nSPS) is 12.4. The number of allylic oxidation sites excluding steroid dienone is 1. The monoisotopic (exact) mass is 304 g/mol. The first kappa shape index (κ1) is 18.3. The van der Waals surface area contributed by atoms with Gasteiger partial charge < -0.3 is 9.84 Å². The first-order valence-electron chi connectivity index (χ1n) is 7.92. The van der Waals surface area contributed by atoms with E-state index in [2.05, 4.69) is 33.8 Å². The summed E-state index contributed by atoms with van der Waals surface area (Å²) >= 11 is 0. The Balaban J connectivity index is 3.63. The second-order valence-electron chi connectivity index (χ2n) is 6.63. The maximum absolute atomic E-state index is 11.2. The zero-order chi connectivity index (χ0) is 16.9. The van der Waals surface area contributed by atoms with Crippen LogP contribution in [-0.4, -0.2) is 17.7 Å². The molecule has 0 saturated heterocycles. The van der Waals surface area contributed by atoms with Gasteiger partial charge in [0.15, 0.2) is 0 Å². The zero-order valence-corrected chi connectivity index (χ0v) is 14.6. The summed E-state index contributed by atoms with van der Waals surface area (Å²) in [7, 11) is 0. The van der Waals surface area contributed by atoms with Crippen LogP contribution in [0.25, 0.3) is 5.57 Å². The van der Waals surface area contributed by atoms with Crippen LogP contribution in [0.4, 0.5) is 0 Å². The van der Waals surface area contributed by atoms with Gasteiger partial charge in [-0.05, 0) is 42.9 Å². The summed E-state index contributed by atoms with van der Waals surface area (Å²) in [5.74, 6) is -0.0914. The molecule has 3 nitrogen and oxygen atoms in total. The summed E-state index contributed by atoms with van der Waals surface area (Å²) in [6.45, 7) is 13.1. The van der Waals surface area contributed by atoms with Crippen molar-refractivity contribution in [2.45, 2.75) is 59.8 Å². The fourth-order valence-corrected chi connectivity index (χ4v) is 2.57. The van der Waals surface area contributed by atoms with Crippen LogP contribution < -0.4 is 4.74 Å². The maximum Gasteiger partial charge on any atom is 0.328 e. The van der Waals surface area contributed by atoms with Crippen LogP contribution in [0.1, 0.15) is 64.2 Å². The van der Waals surface area contributed by atoms with Crippen molar-refractivity contribution in [3.8, 4) is 5.75 Å². The molecule has 0 aliphatic carbocycles. The minimum atomic E-state index is -0.912. The van der Waals surface area contributed by atoms with E-state index in [0.29, 0.717) is 6.61 Å². The Kier molecular flexibility index (Phi) is 6.21. The lowest BCUT2D eigenvalue weighted by molar-refractivity contribution is -0.131. The van der Waals surface area contributed by atoms with Crippen LogP contribution in [0.2, 0.25) is 0 Å². The Morgan fingerprint density at radius 3 is 2.36 bits per heavy atom. The summed E-state index contributed by atoms with van der Waals surface area (Å²) in [5, 5.41) is 9.17. The van der Waals surface area contributed by atoms with Crippen LogP contribution in [0, 0.1) is 6.92 Å². The number of carbonyl (C=O) groups is 1. The van der Waals surface area contributed by atoms with Crippen LogP contribution in [0.5, 0.6) is 5.75 Å². The van der Waals surface area contributed by atoms with Crippen LogP contribution in [-0.2, 0) is 10.2 Å². The van der Waals surface area contributed by atoms with Crippen molar-refractivity contribution < 1.29 is 14.6 Å². The van der Waals surface area contributed by atoms with E-state index in [4.69, 9.17) is 4.74 Å². The van der Waals surface area contributed by atoms with Crippen LogP contribution in [0.15, 0.2) is 18.2 Å². The number of hydrogen-bond donors (Lipinski definition) is 1. The fraction of sp³-hybridized carbons (Fsp3) is 0.526. The van der Waals surface area contributed by atoms with Gasteiger partial charge in [-0.3, -0.25) is 0 Å². The van der Waals surface area contributed by atoms with Crippen molar-refractivity contribution in [3.05, 3.63) is 34.9 Å². The van der Waals surface area contributed by atoms with Gasteiger partial charge in [-0.1, -0.05) is 40.2 Å². The summed E-state index contributed by atoms with van der Waals surface area (Å²) in [6, 6.07) is 4.17. The molecule has 0 heterocycles. The van der Waals surface area contributed by atoms with Crippen molar-refractivity contribution in [2.75, 3.05) is 6.61 Å². The standard InChI is InChI=1S/C19H28O3/c1-7-9-14(12-17(20)21)15-10-13(3)11-16(19(4,5)6)18(15)22-8-2/h10-12H,7-9H2,1-6H3,(H,20,21)/b14-12+. The van der Waals surface area contributed by atoms with Gasteiger partial charge >= 0.3 is 5.97 Å². The number of aliphatic carboxylic acids is 1. The quantitative estimate of drug-likeness (QED) is 0.756. The second-order valence-corrected chi connectivity index (χ2v) is 6.63. The van der Waals surface area contributed by atoms with Gasteiger partial charge in [0.2, 0.25) is 0 Å². The lowest BCUT2D eigenvalue weighted by Gasteiger charge is -2.26. The van der Waals surface area contributed by atoms with Crippen molar-refractivity contribution in [1.82, 2.24) is 0 Å². The van der Waals surface area contributed by atoms with Gasteiger partial charge in [0.1, 0.15) is 5.75 Å². The molecule has 1 aromatic carbocycles. The zero-order valence-electron chi connectivity index (χ0n) is 14.6. The lowest BCUT2D eigenvalue weighted by atomic mass is 9.82. The number of carboxylic acid groups (broad SMARTS) is 1. The van der Waals surface area contributed by atoms with Gasteiger partial charge in [-0.15, -0.1) is 0 Å². The predicted octanol–water partition coefficient (Wildman–Crippen LogP) is 4.96. The largest absolute Gasteiger partial charge is 0.493 e. The topological polar surface area (TPSA) is 46.5 Å². The first-order chi connectivity index (χ1) is 10.2. The summed E-state index contributed by atoms with van der Waals surface area (Å²) in [4.78, 5) is 11.2. The molecule has 0 aliphatic rings. The van der Waals surface area contributed by atoms with E-state index in [1.54, 1.807) is 0 Å². The fourth-order valence-electron chi connectivity index (χ4n) is 2.57. The number of hydrogen-bond acceptors (Lipinski definition) is 2. The van der Waals surface area contributed by atoms with Crippen molar-refractivity contribution in [3.63, 3.8) is 0 Å². The summed E-state index contributed by atoms with van der Waals surface area (Å²) in [6.07, 6.45) is 2.93. The summed E-state index contributed by atoms with van der Waals surface area (Å²) in [5.41, 5.74) is 3.92. The SMILES string of the molecule is CCC/C(=C\C(=O)O)c1cc(C)cc(C(C)(C)C)c1OCC. The third-order valence-corrected chi connectivity index (χ3v) is 3.49. The van der Waals surface area contributed by atoms with Gasteiger partial charge in [0.05, 0.1) is 6.61 Å². The highest BCUT2D eigenvalue weighted by molar-refractivity contribution is 5.91. The molecule has 0 unspecified atom stereocenters. The molecule has 1 N–H and O–H groups in total. The minimum absolute atomic E-state index is 0.0637. The third kappa shape index (κ3) is 4.62. The highest BCUT2D eigenvalue weighted by Gasteiger charge is 2.23. The average Bonchev–Trinajstić information content (AvgIpc) is 2.38. The molecule has 22 heavy (non-hydrogen) atoms. The molecule has 0 spiro atoms. The molecule has 122 valence electrons. The number of aryl methyl sites for hydroxylation is 1. The van der Waals surface area contributed by atoms with E-state index in [-0.39, 0.29) is 5.41 Å². The second kappa shape index (κ2) is 7.48. The molecule has 0 radical (unpaired) electrons. The maximum atomic E-state index is 11.2. The average molecular weight is 304 g/mol. The Bertz CT molecular complexity index is 563.